The molecule has 3 aliphatic rings. The molecule has 0 saturated carbocycles. The molecule has 1 N–H and O–H groups in total. The van der Waals surface area contributed by atoms with E-state index in [-0.39, 0.29) is 5.66 Å². The Morgan fingerprint density at radius 2 is 2.11 bits per heavy atom. The summed E-state index contributed by atoms with van der Waals surface area (Å²) in [7, 11) is 2.07. The van der Waals surface area contributed by atoms with Crippen molar-refractivity contribution in [1.29, 1.82) is 0 Å². The molecule has 0 amide bonds. The van der Waals surface area contributed by atoms with Gasteiger partial charge in [-0.05, 0) is 26.0 Å². The summed E-state index contributed by atoms with van der Waals surface area (Å²) in [5.74, 6) is -0.757. The summed E-state index contributed by atoms with van der Waals surface area (Å²) in [5, 5.41) is 9.57. The summed E-state index contributed by atoms with van der Waals surface area (Å²) >= 11 is 0. The number of nitrogens with zero attached hydrogens (tertiary/aromatic N) is 2. The number of fused-ring (bicyclic) bond motifs is 1. The van der Waals surface area contributed by atoms with E-state index in [9.17, 15) is 9.90 Å². The molecular weight excluding hydrogens is 228 g/mol. The SMILES string of the molecule is CN1CC2C[C@]1(C)N2C(C(=O)O)c1ccccc1. The van der Waals surface area contributed by atoms with Crippen LogP contribution in [-0.2, 0) is 4.79 Å². The second-order valence-corrected chi connectivity index (χ2v) is 5.51. The number of hydrogen-bond donors (Lipinski definition) is 1. The lowest BCUT2D eigenvalue weighted by Gasteiger charge is -2.52. The molecule has 0 aliphatic carbocycles. The molecule has 96 valence electrons. The van der Waals surface area contributed by atoms with Crippen LogP contribution in [-0.4, -0.2) is 46.2 Å². The highest BCUT2D eigenvalue weighted by molar-refractivity contribution is 5.76. The third-order valence-electron chi connectivity index (χ3n) is 4.51. The van der Waals surface area contributed by atoms with Crippen molar-refractivity contribution >= 4 is 5.97 Å². The quantitative estimate of drug-likeness (QED) is 0.878. The lowest BCUT2D eigenvalue weighted by atomic mass is 9.88. The topological polar surface area (TPSA) is 43.8 Å². The predicted molar refractivity (Wildman–Crippen MR) is 68.1 cm³/mol. The molecule has 3 aliphatic heterocycles. The van der Waals surface area contributed by atoms with Gasteiger partial charge in [-0.3, -0.25) is 14.6 Å². The average molecular weight is 246 g/mol. The Kier molecular flexibility index (Phi) is 2.47. The Bertz CT molecular complexity index is 474. The van der Waals surface area contributed by atoms with Crippen molar-refractivity contribution in [2.24, 2.45) is 0 Å². The third-order valence-corrected chi connectivity index (χ3v) is 4.51. The van der Waals surface area contributed by atoms with Gasteiger partial charge < -0.3 is 5.11 Å². The van der Waals surface area contributed by atoms with E-state index >= 15 is 0 Å². The Labute approximate surface area is 107 Å². The monoisotopic (exact) mass is 246 g/mol. The maximum absolute atomic E-state index is 11.6. The van der Waals surface area contributed by atoms with Crippen LogP contribution in [0.25, 0.3) is 0 Å². The molecule has 4 nitrogen and oxygen atoms in total. The maximum Gasteiger partial charge on any atom is 0.325 e. The number of aliphatic carboxylic acids is 1. The predicted octanol–water partition coefficient (Wildman–Crippen LogP) is 1.55. The smallest absolute Gasteiger partial charge is 0.325 e. The zero-order chi connectivity index (χ0) is 12.9. The summed E-state index contributed by atoms with van der Waals surface area (Å²) in [6.07, 6.45) is 1.07. The van der Waals surface area contributed by atoms with E-state index in [1.165, 1.54) is 0 Å². The van der Waals surface area contributed by atoms with Crippen LogP contribution in [0.3, 0.4) is 0 Å². The number of benzene rings is 1. The van der Waals surface area contributed by atoms with Crippen molar-refractivity contribution in [2.45, 2.75) is 31.1 Å². The highest BCUT2D eigenvalue weighted by Gasteiger charge is 2.61. The van der Waals surface area contributed by atoms with Crippen molar-refractivity contribution in [3.63, 3.8) is 0 Å². The summed E-state index contributed by atoms with van der Waals surface area (Å²) in [5.41, 5.74) is 0.778. The minimum atomic E-state index is -0.757. The van der Waals surface area contributed by atoms with Crippen LogP contribution in [0.1, 0.15) is 24.9 Å². The summed E-state index contributed by atoms with van der Waals surface area (Å²) < 4.78 is 0. The van der Waals surface area contributed by atoms with E-state index in [1.807, 2.05) is 30.3 Å². The minimum absolute atomic E-state index is 0.0937. The van der Waals surface area contributed by atoms with Crippen molar-refractivity contribution in [2.75, 3.05) is 13.6 Å². The molecule has 0 radical (unpaired) electrons. The molecule has 1 aromatic rings. The van der Waals surface area contributed by atoms with Crippen LogP contribution < -0.4 is 0 Å². The van der Waals surface area contributed by atoms with E-state index in [0.29, 0.717) is 6.04 Å². The lowest BCUT2D eigenvalue weighted by molar-refractivity contribution is -0.158. The highest BCUT2D eigenvalue weighted by Crippen LogP contribution is 2.50. The number of likely N-dealkylation sites (N-methyl/N-ethyl adjacent to an activating group) is 1. The van der Waals surface area contributed by atoms with E-state index in [1.54, 1.807) is 0 Å². The van der Waals surface area contributed by atoms with Gasteiger partial charge in [0.1, 0.15) is 6.04 Å². The summed E-state index contributed by atoms with van der Waals surface area (Å²) in [6, 6.07) is 9.37. The van der Waals surface area contributed by atoms with Crippen LogP contribution >= 0.6 is 0 Å². The van der Waals surface area contributed by atoms with Crippen LogP contribution in [0.4, 0.5) is 0 Å². The highest BCUT2D eigenvalue weighted by atomic mass is 16.4. The van der Waals surface area contributed by atoms with E-state index in [4.69, 9.17) is 0 Å². The van der Waals surface area contributed by atoms with Gasteiger partial charge in [-0.2, -0.15) is 0 Å². The molecule has 4 heteroatoms. The molecule has 3 heterocycles. The fourth-order valence-electron chi connectivity index (χ4n) is 3.50. The first-order chi connectivity index (χ1) is 8.54. The fourth-order valence-corrected chi connectivity index (χ4v) is 3.50. The second-order valence-electron chi connectivity index (χ2n) is 5.51. The van der Waals surface area contributed by atoms with Gasteiger partial charge in [0, 0.05) is 12.6 Å². The molecule has 0 spiro atoms. The second kappa shape index (κ2) is 3.80. The molecule has 0 aromatic heterocycles. The fraction of sp³-hybridized carbons (Fsp3) is 0.500. The van der Waals surface area contributed by atoms with Gasteiger partial charge in [0.25, 0.3) is 0 Å². The molecule has 2 bridgehead atoms. The molecule has 3 saturated heterocycles. The first kappa shape index (κ1) is 11.7. The van der Waals surface area contributed by atoms with E-state index in [0.717, 1.165) is 18.5 Å². The first-order valence-corrected chi connectivity index (χ1v) is 6.31. The van der Waals surface area contributed by atoms with Crippen molar-refractivity contribution < 1.29 is 9.90 Å². The number of carboxylic acids is 1. The Hall–Kier alpha value is -1.39. The zero-order valence-electron chi connectivity index (χ0n) is 10.7. The molecular formula is C14H18N2O2. The molecule has 4 rings (SSSR count). The molecule has 1 aromatic carbocycles. The van der Waals surface area contributed by atoms with Gasteiger partial charge in [0.05, 0.1) is 5.66 Å². The standard InChI is InChI=1S/C14H18N2O2/c1-14-8-11(9-15(14)2)16(14)12(13(17)18)10-6-4-3-5-7-10/h3-7,11-12H,8-9H2,1-2H3,(H,17,18)/t11?,12?,14-/m0/s1. The number of rotatable bonds is 3. The van der Waals surface area contributed by atoms with Crippen LogP contribution in [0.2, 0.25) is 0 Å². The number of carbonyl (C=O) groups is 1. The summed E-state index contributed by atoms with van der Waals surface area (Å²) in [4.78, 5) is 16.0. The van der Waals surface area contributed by atoms with Crippen LogP contribution in [0, 0.1) is 0 Å². The van der Waals surface area contributed by atoms with Crippen LogP contribution in [0.5, 0.6) is 0 Å². The lowest BCUT2D eigenvalue weighted by Crippen LogP contribution is -2.63. The number of carboxylic acid groups (broad SMARTS) is 1. The Balaban J connectivity index is 1.96. The first-order valence-electron chi connectivity index (χ1n) is 6.31. The largest absolute Gasteiger partial charge is 0.480 e. The molecule has 2 unspecified atom stereocenters. The van der Waals surface area contributed by atoms with Gasteiger partial charge in [0.15, 0.2) is 0 Å². The number of hydrogen-bond acceptors (Lipinski definition) is 3. The van der Waals surface area contributed by atoms with Gasteiger partial charge in [0.2, 0.25) is 0 Å². The Morgan fingerprint density at radius 1 is 1.44 bits per heavy atom. The van der Waals surface area contributed by atoms with E-state index < -0.39 is 12.0 Å². The van der Waals surface area contributed by atoms with Crippen molar-refractivity contribution in [3.05, 3.63) is 35.9 Å². The normalized spacial score (nSPS) is 33.1. The third kappa shape index (κ3) is 1.42. The van der Waals surface area contributed by atoms with Gasteiger partial charge >= 0.3 is 5.97 Å². The van der Waals surface area contributed by atoms with Crippen molar-refractivity contribution in [3.8, 4) is 0 Å². The van der Waals surface area contributed by atoms with Gasteiger partial charge in [-0.15, -0.1) is 0 Å². The van der Waals surface area contributed by atoms with Gasteiger partial charge in [-0.25, -0.2) is 0 Å². The van der Waals surface area contributed by atoms with E-state index in [2.05, 4.69) is 23.8 Å². The van der Waals surface area contributed by atoms with Gasteiger partial charge in [-0.1, -0.05) is 30.3 Å². The Morgan fingerprint density at radius 3 is 2.56 bits per heavy atom. The van der Waals surface area contributed by atoms with Crippen LogP contribution in [0.15, 0.2) is 30.3 Å². The van der Waals surface area contributed by atoms with Crippen molar-refractivity contribution in [1.82, 2.24) is 9.80 Å². The molecule has 18 heavy (non-hydrogen) atoms. The maximum atomic E-state index is 11.6. The minimum Gasteiger partial charge on any atom is -0.480 e. The average Bonchev–Trinajstić information content (AvgIpc) is 2.76. The summed E-state index contributed by atoms with van der Waals surface area (Å²) in [6.45, 7) is 3.10. The molecule has 3 atom stereocenters. The molecule has 3 fully saturated rings. The zero-order valence-corrected chi connectivity index (χ0v) is 10.7.